The molecule has 2 fully saturated rings. The van der Waals surface area contributed by atoms with Crippen molar-refractivity contribution in [2.75, 3.05) is 37.1 Å². The summed E-state index contributed by atoms with van der Waals surface area (Å²) in [6.45, 7) is 1.87. The van der Waals surface area contributed by atoms with Crippen LogP contribution in [0.4, 0.5) is 5.13 Å². The number of anilines is 1. The standard InChI is InChI=1S/C13H21N3O3S2/c1-21(17,18)9-13(4-6-19-7-5-13)8-14-12-16-15-11(20-12)10-2-3-10/h10H,2-9H2,1H3,(H,14,16). The number of rotatable bonds is 6. The van der Waals surface area contributed by atoms with Crippen molar-refractivity contribution >= 4 is 26.3 Å². The van der Waals surface area contributed by atoms with Gasteiger partial charge in [-0.25, -0.2) is 8.42 Å². The summed E-state index contributed by atoms with van der Waals surface area (Å²) in [6, 6.07) is 0. The number of nitrogens with one attached hydrogen (secondary N) is 1. The monoisotopic (exact) mass is 331 g/mol. The maximum Gasteiger partial charge on any atom is 0.205 e. The average Bonchev–Trinajstić information content (AvgIpc) is 3.15. The highest BCUT2D eigenvalue weighted by molar-refractivity contribution is 7.90. The van der Waals surface area contributed by atoms with Crippen LogP contribution in [0.5, 0.6) is 0 Å². The molecule has 1 saturated heterocycles. The van der Waals surface area contributed by atoms with Crippen molar-refractivity contribution in [3.8, 4) is 0 Å². The summed E-state index contributed by atoms with van der Waals surface area (Å²) >= 11 is 1.59. The van der Waals surface area contributed by atoms with Crippen LogP contribution in [0.15, 0.2) is 0 Å². The number of hydrogen-bond donors (Lipinski definition) is 1. The van der Waals surface area contributed by atoms with Crippen LogP contribution in [0, 0.1) is 5.41 Å². The van der Waals surface area contributed by atoms with E-state index in [-0.39, 0.29) is 11.2 Å². The fourth-order valence-corrected chi connectivity index (χ4v) is 5.21. The van der Waals surface area contributed by atoms with Gasteiger partial charge < -0.3 is 10.1 Å². The van der Waals surface area contributed by atoms with Crippen LogP contribution in [0.1, 0.15) is 36.6 Å². The first kappa shape index (κ1) is 15.2. The molecule has 1 aromatic heterocycles. The van der Waals surface area contributed by atoms with E-state index in [9.17, 15) is 8.42 Å². The van der Waals surface area contributed by atoms with Crippen molar-refractivity contribution in [3.63, 3.8) is 0 Å². The predicted molar refractivity (Wildman–Crippen MR) is 82.6 cm³/mol. The summed E-state index contributed by atoms with van der Waals surface area (Å²) in [4.78, 5) is 0. The van der Waals surface area contributed by atoms with Gasteiger partial charge in [-0.05, 0) is 25.7 Å². The van der Waals surface area contributed by atoms with Gasteiger partial charge in [0.2, 0.25) is 5.13 Å². The predicted octanol–water partition coefficient (Wildman–Crippen LogP) is 1.67. The molecule has 0 atom stereocenters. The van der Waals surface area contributed by atoms with Crippen molar-refractivity contribution < 1.29 is 13.2 Å². The van der Waals surface area contributed by atoms with E-state index >= 15 is 0 Å². The highest BCUT2D eigenvalue weighted by Crippen LogP contribution is 2.42. The number of hydrogen-bond acceptors (Lipinski definition) is 7. The zero-order valence-electron chi connectivity index (χ0n) is 12.2. The molecule has 2 aliphatic rings. The molecule has 6 nitrogen and oxygen atoms in total. The lowest BCUT2D eigenvalue weighted by Gasteiger charge is -2.36. The van der Waals surface area contributed by atoms with Gasteiger partial charge in [-0.1, -0.05) is 11.3 Å². The maximum atomic E-state index is 11.7. The normalized spacial score (nSPS) is 22.1. The second-order valence-corrected chi connectivity index (χ2v) is 9.41. The van der Waals surface area contributed by atoms with Crippen LogP contribution in [0.25, 0.3) is 0 Å². The van der Waals surface area contributed by atoms with E-state index in [0.29, 0.717) is 25.7 Å². The summed E-state index contributed by atoms with van der Waals surface area (Å²) < 4.78 is 28.8. The Labute approximate surface area is 129 Å². The van der Waals surface area contributed by atoms with Gasteiger partial charge in [0.05, 0.1) is 5.75 Å². The third kappa shape index (κ3) is 4.14. The van der Waals surface area contributed by atoms with Gasteiger partial charge in [-0.15, -0.1) is 10.2 Å². The summed E-state index contributed by atoms with van der Waals surface area (Å²) in [5.41, 5.74) is -0.253. The molecule has 2 heterocycles. The molecular formula is C13H21N3O3S2. The Bertz CT molecular complexity index is 590. The summed E-state index contributed by atoms with van der Waals surface area (Å²) in [5, 5.41) is 13.6. The molecule has 0 unspecified atom stereocenters. The van der Waals surface area contributed by atoms with E-state index in [1.165, 1.54) is 19.1 Å². The fourth-order valence-electron chi connectivity index (χ4n) is 2.80. The van der Waals surface area contributed by atoms with E-state index in [0.717, 1.165) is 23.0 Å². The molecule has 1 aromatic rings. The molecule has 3 rings (SSSR count). The van der Waals surface area contributed by atoms with Crippen molar-refractivity contribution in [3.05, 3.63) is 5.01 Å². The van der Waals surface area contributed by atoms with Crippen molar-refractivity contribution in [2.24, 2.45) is 5.41 Å². The zero-order chi connectivity index (χ0) is 14.9. The second-order valence-electron chi connectivity index (χ2n) is 6.26. The molecule has 0 bridgehead atoms. The summed E-state index contributed by atoms with van der Waals surface area (Å²) in [5.74, 6) is 0.802. The van der Waals surface area contributed by atoms with Crippen LogP contribution in [-0.4, -0.2) is 50.4 Å². The number of sulfone groups is 1. The minimum atomic E-state index is -3.01. The van der Waals surface area contributed by atoms with Gasteiger partial charge in [-0.3, -0.25) is 0 Å². The summed E-state index contributed by atoms with van der Waals surface area (Å²) in [7, 11) is -3.01. The molecule has 118 valence electrons. The molecule has 21 heavy (non-hydrogen) atoms. The Hall–Kier alpha value is -0.730. The lowest BCUT2D eigenvalue weighted by atomic mass is 9.82. The van der Waals surface area contributed by atoms with Crippen LogP contribution in [0.2, 0.25) is 0 Å². The van der Waals surface area contributed by atoms with Crippen molar-refractivity contribution in [1.82, 2.24) is 10.2 Å². The van der Waals surface area contributed by atoms with E-state index < -0.39 is 9.84 Å². The Kier molecular flexibility index (Phi) is 4.20. The van der Waals surface area contributed by atoms with Gasteiger partial charge in [0.25, 0.3) is 0 Å². The first-order chi connectivity index (χ1) is 9.96. The highest BCUT2D eigenvalue weighted by atomic mass is 32.2. The van der Waals surface area contributed by atoms with E-state index in [2.05, 4.69) is 15.5 Å². The molecule has 1 aliphatic heterocycles. The Morgan fingerprint density at radius 3 is 2.67 bits per heavy atom. The molecule has 8 heteroatoms. The van der Waals surface area contributed by atoms with Crippen LogP contribution in [0.3, 0.4) is 0 Å². The second kappa shape index (κ2) is 5.81. The summed E-state index contributed by atoms with van der Waals surface area (Å²) in [6.07, 6.45) is 5.26. The number of ether oxygens (including phenoxy) is 1. The van der Waals surface area contributed by atoms with E-state index in [1.807, 2.05) is 0 Å². The number of nitrogens with zero attached hydrogens (tertiary/aromatic N) is 2. The largest absolute Gasteiger partial charge is 0.381 e. The van der Waals surface area contributed by atoms with Gasteiger partial charge in [0.15, 0.2) is 0 Å². The smallest absolute Gasteiger partial charge is 0.205 e. The van der Waals surface area contributed by atoms with Gasteiger partial charge in [0.1, 0.15) is 14.8 Å². The number of aromatic nitrogens is 2. The van der Waals surface area contributed by atoms with E-state index in [4.69, 9.17) is 4.74 Å². The van der Waals surface area contributed by atoms with Crippen molar-refractivity contribution in [1.29, 1.82) is 0 Å². The minimum Gasteiger partial charge on any atom is -0.381 e. The SMILES string of the molecule is CS(=O)(=O)CC1(CNc2nnc(C3CC3)s2)CCOCC1. The van der Waals surface area contributed by atoms with Gasteiger partial charge >= 0.3 is 0 Å². The molecule has 0 radical (unpaired) electrons. The molecule has 1 saturated carbocycles. The van der Waals surface area contributed by atoms with Crippen LogP contribution < -0.4 is 5.32 Å². The Morgan fingerprint density at radius 1 is 1.33 bits per heavy atom. The van der Waals surface area contributed by atoms with Crippen LogP contribution in [-0.2, 0) is 14.6 Å². The molecule has 0 aromatic carbocycles. The molecule has 1 N–H and O–H groups in total. The quantitative estimate of drug-likeness (QED) is 0.854. The highest BCUT2D eigenvalue weighted by Gasteiger charge is 2.36. The first-order valence-electron chi connectivity index (χ1n) is 7.29. The average molecular weight is 331 g/mol. The molecule has 1 aliphatic carbocycles. The minimum absolute atomic E-state index is 0.199. The van der Waals surface area contributed by atoms with Gasteiger partial charge in [-0.2, -0.15) is 0 Å². The molecule has 0 amide bonds. The maximum absolute atomic E-state index is 11.7. The first-order valence-corrected chi connectivity index (χ1v) is 10.2. The lowest BCUT2D eigenvalue weighted by Crippen LogP contribution is -2.41. The third-order valence-corrected chi connectivity index (χ3v) is 6.28. The topological polar surface area (TPSA) is 81.2 Å². The van der Waals surface area contributed by atoms with Crippen molar-refractivity contribution in [2.45, 2.75) is 31.6 Å². The van der Waals surface area contributed by atoms with Crippen LogP contribution >= 0.6 is 11.3 Å². The molecule has 0 spiro atoms. The zero-order valence-corrected chi connectivity index (χ0v) is 13.8. The molecular weight excluding hydrogens is 310 g/mol. The Balaban J connectivity index is 1.65. The lowest BCUT2D eigenvalue weighted by molar-refractivity contribution is 0.0315. The van der Waals surface area contributed by atoms with Gasteiger partial charge in [0, 0.05) is 37.3 Å². The third-order valence-electron chi connectivity index (χ3n) is 4.10. The van der Waals surface area contributed by atoms with E-state index in [1.54, 1.807) is 11.3 Å². The fraction of sp³-hybridized carbons (Fsp3) is 0.846. The Morgan fingerprint density at radius 2 is 2.05 bits per heavy atom.